The van der Waals surface area contributed by atoms with Gasteiger partial charge in [0.05, 0.1) is 17.6 Å². The predicted molar refractivity (Wildman–Crippen MR) is 80.3 cm³/mol. The molecule has 112 valence electrons. The fraction of sp³-hybridized carbons (Fsp3) is 0.200. The summed E-state index contributed by atoms with van der Waals surface area (Å²) in [6, 6.07) is 11.6. The second-order valence-electron chi connectivity index (χ2n) is 4.75. The van der Waals surface area contributed by atoms with E-state index in [1.54, 1.807) is 24.3 Å². The van der Waals surface area contributed by atoms with Crippen LogP contribution in [-0.2, 0) is 15.6 Å². The average molecular weight is 329 g/mol. The zero-order chi connectivity index (χ0) is 15.5. The van der Waals surface area contributed by atoms with Crippen LogP contribution >= 0.6 is 11.6 Å². The first kappa shape index (κ1) is 15.9. The molecule has 0 spiro atoms. The minimum atomic E-state index is -3.51. The van der Waals surface area contributed by atoms with Crippen LogP contribution in [0.1, 0.15) is 17.2 Å². The van der Waals surface area contributed by atoms with E-state index in [4.69, 9.17) is 11.6 Å². The maximum absolute atomic E-state index is 12.8. The number of aliphatic hydroxyl groups excluding tert-OH is 1. The Morgan fingerprint density at radius 1 is 1.05 bits per heavy atom. The quantitative estimate of drug-likeness (QED) is 0.917. The molecule has 3 nitrogen and oxygen atoms in total. The van der Waals surface area contributed by atoms with Crippen molar-refractivity contribution in [3.8, 4) is 0 Å². The smallest absolute Gasteiger partial charge is 0.157 e. The molecule has 21 heavy (non-hydrogen) atoms. The standard InChI is InChI=1S/C15H14ClFO3S/c16-13-5-3-12(4-6-13)15(18)10-21(19,20)9-11-1-7-14(17)8-2-11/h1-8,15,18H,9-10H2. The maximum atomic E-state index is 12.8. The molecule has 0 amide bonds. The third-order valence-electron chi connectivity index (χ3n) is 2.97. The van der Waals surface area contributed by atoms with E-state index >= 15 is 0 Å². The van der Waals surface area contributed by atoms with Gasteiger partial charge in [-0.1, -0.05) is 35.9 Å². The Labute approximate surface area is 127 Å². The van der Waals surface area contributed by atoms with Crippen molar-refractivity contribution in [2.75, 3.05) is 5.75 Å². The molecule has 6 heteroatoms. The number of hydrogen-bond donors (Lipinski definition) is 1. The van der Waals surface area contributed by atoms with Gasteiger partial charge in [-0.3, -0.25) is 0 Å². The van der Waals surface area contributed by atoms with Gasteiger partial charge in [0.1, 0.15) is 5.82 Å². The fourth-order valence-electron chi connectivity index (χ4n) is 1.92. The molecule has 0 saturated heterocycles. The van der Waals surface area contributed by atoms with Crippen LogP contribution in [-0.4, -0.2) is 19.3 Å². The molecule has 1 unspecified atom stereocenters. The summed E-state index contributed by atoms with van der Waals surface area (Å²) in [6.45, 7) is 0. The third-order valence-corrected chi connectivity index (χ3v) is 4.82. The van der Waals surface area contributed by atoms with E-state index in [1.165, 1.54) is 24.3 Å². The lowest BCUT2D eigenvalue weighted by molar-refractivity contribution is 0.201. The van der Waals surface area contributed by atoms with Crippen molar-refractivity contribution in [1.82, 2.24) is 0 Å². The summed E-state index contributed by atoms with van der Waals surface area (Å²) in [5.74, 6) is -1.05. The van der Waals surface area contributed by atoms with Crippen LogP contribution < -0.4 is 0 Å². The number of rotatable bonds is 5. The highest BCUT2D eigenvalue weighted by molar-refractivity contribution is 7.90. The van der Waals surface area contributed by atoms with Crippen molar-refractivity contribution < 1.29 is 17.9 Å². The molecule has 1 N–H and O–H groups in total. The number of aliphatic hydroxyl groups is 1. The summed E-state index contributed by atoms with van der Waals surface area (Å²) >= 11 is 5.74. The van der Waals surface area contributed by atoms with E-state index in [9.17, 15) is 17.9 Å². The van der Waals surface area contributed by atoms with Crippen LogP contribution in [0.2, 0.25) is 5.02 Å². The van der Waals surface area contributed by atoms with Crippen molar-refractivity contribution in [3.05, 3.63) is 70.5 Å². The Bertz CT molecular complexity index is 697. The molecule has 0 saturated carbocycles. The molecular weight excluding hydrogens is 315 g/mol. The topological polar surface area (TPSA) is 54.4 Å². The van der Waals surface area contributed by atoms with Crippen molar-refractivity contribution >= 4 is 21.4 Å². The molecule has 0 aliphatic carbocycles. The molecular formula is C15H14ClFO3S. The first-order valence-corrected chi connectivity index (χ1v) is 8.44. The lowest BCUT2D eigenvalue weighted by atomic mass is 10.1. The van der Waals surface area contributed by atoms with Gasteiger partial charge in [0.15, 0.2) is 9.84 Å². The highest BCUT2D eigenvalue weighted by Gasteiger charge is 2.19. The Balaban J connectivity index is 2.06. The Morgan fingerprint density at radius 3 is 2.19 bits per heavy atom. The van der Waals surface area contributed by atoms with Crippen LogP contribution in [0.5, 0.6) is 0 Å². The van der Waals surface area contributed by atoms with Gasteiger partial charge in [-0.2, -0.15) is 0 Å². The van der Waals surface area contributed by atoms with Crippen molar-refractivity contribution in [2.24, 2.45) is 0 Å². The second kappa shape index (κ2) is 6.56. The average Bonchev–Trinajstić information content (AvgIpc) is 2.41. The normalized spacial score (nSPS) is 13.1. The third kappa shape index (κ3) is 4.81. The monoisotopic (exact) mass is 328 g/mol. The molecule has 1 atom stereocenters. The minimum Gasteiger partial charge on any atom is -0.387 e. The largest absolute Gasteiger partial charge is 0.387 e. The van der Waals surface area contributed by atoms with Gasteiger partial charge in [0.2, 0.25) is 0 Å². The van der Waals surface area contributed by atoms with Crippen LogP contribution in [0.4, 0.5) is 4.39 Å². The van der Waals surface area contributed by atoms with Gasteiger partial charge < -0.3 is 5.11 Å². The molecule has 0 radical (unpaired) electrons. The molecule has 2 rings (SSSR count). The van der Waals surface area contributed by atoms with Crippen molar-refractivity contribution in [2.45, 2.75) is 11.9 Å². The van der Waals surface area contributed by atoms with Crippen LogP contribution in [0, 0.1) is 5.82 Å². The van der Waals surface area contributed by atoms with Gasteiger partial charge in [-0.15, -0.1) is 0 Å². The molecule has 2 aromatic carbocycles. The summed E-state index contributed by atoms with van der Waals surface area (Å²) in [5, 5.41) is 10.5. The number of sulfone groups is 1. The minimum absolute atomic E-state index is 0.238. The van der Waals surface area contributed by atoms with Gasteiger partial charge >= 0.3 is 0 Å². The summed E-state index contributed by atoms with van der Waals surface area (Å²) in [4.78, 5) is 0. The SMILES string of the molecule is O=S(=O)(Cc1ccc(F)cc1)CC(O)c1ccc(Cl)cc1. The fourth-order valence-corrected chi connectivity index (χ4v) is 3.53. The molecule has 0 aliphatic rings. The first-order valence-electron chi connectivity index (χ1n) is 6.24. The summed E-state index contributed by atoms with van der Waals surface area (Å²) in [5.41, 5.74) is 0.974. The lowest BCUT2D eigenvalue weighted by Gasteiger charge is -2.12. The Hall–Kier alpha value is -1.43. The highest BCUT2D eigenvalue weighted by Crippen LogP contribution is 2.19. The zero-order valence-electron chi connectivity index (χ0n) is 11.0. The molecule has 0 bridgehead atoms. The van der Waals surface area contributed by atoms with E-state index in [2.05, 4.69) is 0 Å². The molecule has 0 aliphatic heterocycles. The lowest BCUT2D eigenvalue weighted by Crippen LogP contribution is -2.16. The molecule has 0 fully saturated rings. The van der Waals surface area contributed by atoms with Crippen LogP contribution in [0.15, 0.2) is 48.5 Å². The van der Waals surface area contributed by atoms with E-state index in [0.29, 0.717) is 16.1 Å². The summed E-state index contributed by atoms with van der Waals surface area (Å²) < 4.78 is 36.9. The Morgan fingerprint density at radius 2 is 1.62 bits per heavy atom. The van der Waals surface area contributed by atoms with E-state index < -0.39 is 27.5 Å². The summed E-state index contributed by atoms with van der Waals surface area (Å²) in [6.07, 6.45) is -1.12. The van der Waals surface area contributed by atoms with Gasteiger partial charge in [-0.25, -0.2) is 12.8 Å². The summed E-state index contributed by atoms with van der Waals surface area (Å²) in [7, 11) is -3.51. The van der Waals surface area contributed by atoms with E-state index in [0.717, 1.165) is 0 Å². The van der Waals surface area contributed by atoms with Gasteiger partial charge in [0.25, 0.3) is 0 Å². The molecule has 0 aromatic heterocycles. The van der Waals surface area contributed by atoms with Crippen LogP contribution in [0.25, 0.3) is 0 Å². The first-order chi connectivity index (χ1) is 9.85. The van der Waals surface area contributed by atoms with Crippen LogP contribution in [0.3, 0.4) is 0 Å². The van der Waals surface area contributed by atoms with E-state index in [1.807, 2.05) is 0 Å². The molecule has 0 heterocycles. The number of halogens is 2. The van der Waals surface area contributed by atoms with Gasteiger partial charge in [-0.05, 0) is 35.4 Å². The van der Waals surface area contributed by atoms with E-state index in [-0.39, 0.29) is 5.75 Å². The molecule has 2 aromatic rings. The maximum Gasteiger partial charge on any atom is 0.157 e. The zero-order valence-corrected chi connectivity index (χ0v) is 12.6. The number of benzene rings is 2. The number of hydrogen-bond acceptors (Lipinski definition) is 3. The predicted octanol–water partition coefficient (Wildman–Crippen LogP) is 3.13. The van der Waals surface area contributed by atoms with Gasteiger partial charge in [0, 0.05) is 5.02 Å². The highest BCUT2D eigenvalue weighted by atomic mass is 35.5. The van der Waals surface area contributed by atoms with Crippen molar-refractivity contribution in [1.29, 1.82) is 0 Å². The second-order valence-corrected chi connectivity index (χ2v) is 7.29. The van der Waals surface area contributed by atoms with Crippen molar-refractivity contribution in [3.63, 3.8) is 0 Å². The Kier molecular flexibility index (Phi) is 4.98.